The van der Waals surface area contributed by atoms with Gasteiger partial charge in [-0.2, -0.15) is 5.10 Å². The van der Waals surface area contributed by atoms with Crippen LogP contribution in [0.4, 0.5) is 5.69 Å². The van der Waals surface area contributed by atoms with E-state index in [2.05, 4.69) is 10.1 Å². The third kappa shape index (κ3) is 2.18. The molecule has 0 aliphatic rings. The zero-order chi connectivity index (χ0) is 12.3. The fourth-order valence-electron chi connectivity index (χ4n) is 1.64. The molecule has 0 radical (unpaired) electrons. The molecule has 0 saturated heterocycles. The number of rotatable bonds is 4. The Kier molecular flexibility index (Phi) is 3.18. The second-order valence-electron chi connectivity index (χ2n) is 3.71. The summed E-state index contributed by atoms with van der Waals surface area (Å²) in [6.45, 7) is 2.74. The first kappa shape index (κ1) is 11.3. The topological polar surface area (TPSA) is 73.8 Å². The minimum absolute atomic E-state index is 0.186. The van der Waals surface area contributed by atoms with Crippen LogP contribution in [0.2, 0.25) is 0 Å². The molecule has 2 heterocycles. The van der Waals surface area contributed by atoms with E-state index in [4.69, 9.17) is 5.73 Å². The van der Waals surface area contributed by atoms with Gasteiger partial charge in [-0.05, 0) is 24.6 Å². The van der Waals surface area contributed by atoms with Crippen LogP contribution >= 0.6 is 0 Å². The van der Waals surface area contributed by atoms with Crippen molar-refractivity contribution in [2.24, 2.45) is 0 Å². The summed E-state index contributed by atoms with van der Waals surface area (Å²) in [5.41, 5.74) is 6.94. The van der Waals surface area contributed by atoms with Gasteiger partial charge in [0, 0.05) is 18.9 Å². The van der Waals surface area contributed by atoms with Gasteiger partial charge in [0.15, 0.2) is 0 Å². The number of ketones is 1. The SMILES string of the molecule is CCCn1nccc1C(=O)c1ncccc1N. The largest absolute Gasteiger partial charge is 0.397 e. The maximum atomic E-state index is 12.2. The number of anilines is 1. The second kappa shape index (κ2) is 4.78. The smallest absolute Gasteiger partial charge is 0.231 e. The Bertz CT molecular complexity index is 533. The van der Waals surface area contributed by atoms with Gasteiger partial charge in [0.1, 0.15) is 11.4 Å². The van der Waals surface area contributed by atoms with Crippen molar-refractivity contribution < 1.29 is 4.79 Å². The number of hydrogen-bond acceptors (Lipinski definition) is 4. The molecule has 5 heteroatoms. The summed E-state index contributed by atoms with van der Waals surface area (Å²) in [5.74, 6) is -0.186. The van der Waals surface area contributed by atoms with E-state index in [9.17, 15) is 4.79 Å². The molecule has 17 heavy (non-hydrogen) atoms. The number of carbonyl (C=O) groups excluding carboxylic acids is 1. The molecule has 0 saturated carbocycles. The lowest BCUT2D eigenvalue weighted by molar-refractivity contribution is 0.102. The molecule has 0 fully saturated rings. The van der Waals surface area contributed by atoms with Crippen molar-refractivity contribution in [3.05, 3.63) is 42.0 Å². The number of pyridine rings is 1. The molecule has 2 rings (SSSR count). The highest BCUT2D eigenvalue weighted by Gasteiger charge is 2.17. The first-order valence-electron chi connectivity index (χ1n) is 5.51. The summed E-state index contributed by atoms with van der Waals surface area (Å²) in [4.78, 5) is 16.2. The standard InChI is InChI=1S/C12H14N4O/c1-2-8-16-10(5-7-15-16)12(17)11-9(13)4-3-6-14-11/h3-7H,2,8,13H2,1H3. The highest BCUT2D eigenvalue weighted by Crippen LogP contribution is 2.13. The van der Waals surface area contributed by atoms with Crippen LogP contribution in [0.15, 0.2) is 30.6 Å². The second-order valence-corrected chi connectivity index (χ2v) is 3.71. The summed E-state index contributed by atoms with van der Waals surface area (Å²) in [6.07, 6.45) is 4.09. The average Bonchev–Trinajstić information content (AvgIpc) is 2.78. The van der Waals surface area contributed by atoms with Crippen molar-refractivity contribution in [3.8, 4) is 0 Å². The van der Waals surface area contributed by atoms with Crippen LogP contribution in [0.3, 0.4) is 0 Å². The van der Waals surface area contributed by atoms with Gasteiger partial charge >= 0.3 is 0 Å². The van der Waals surface area contributed by atoms with E-state index in [1.165, 1.54) is 0 Å². The molecular formula is C12H14N4O. The fourth-order valence-corrected chi connectivity index (χ4v) is 1.64. The predicted molar refractivity (Wildman–Crippen MR) is 64.6 cm³/mol. The molecule has 0 bridgehead atoms. The maximum absolute atomic E-state index is 12.2. The van der Waals surface area contributed by atoms with Crippen LogP contribution in [0.5, 0.6) is 0 Å². The van der Waals surface area contributed by atoms with E-state index in [1.54, 1.807) is 35.3 Å². The zero-order valence-corrected chi connectivity index (χ0v) is 9.63. The van der Waals surface area contributed by atoms with Gasteiger partial charge in [-0.3, -0.25) is 14.5 Å². The predicted octanol–water partition coefficient (Wildman–Crippen LogP) is 1.50. The number of nitrogen functional groups attached to an aromatic ring is 1. The van der Waals surface area contributed by atoms with Crippen molar-refractivity contribution >= 4 is 11.5 Å². The van der Waals surface area contributed by atoms with Crippen molar-refractivity contribution in [2.45, 2.75) is 19.9 Å². The zero-order valence-electron chi connectivity index (χ0n) is 9.63. The third-order valence-electron chi connectivity index (χ3n) is 2.44. The van der Waals surface area contributed by atoms with Gasteiger partial charge in [-0.15, -0.1) is 0 Å². The number of carbonyl (C=O) groups is 1. The Labute approximate surface area is 99.3 Å². The molecule has 0 aliphatic carbocycles. The van der Waals surface area contributed by atoms with Gasteiger partial charge in [0.05, 0.1) is 5.69 Å². The molecule has 88 valence electrons. The van der Waals surface area contributed by atoms with E-state index < -0.39 is 0 Å². The van der Waals surface area contributed by atoms with E-state index in [1.807, 2.05) is 6.92 Å². The first-order valence-corrected chi connectivity index (χ1v) is 5.51. The molecule has 0 aromatic carbocycles. The van der Waals surface area contributed by atoms with E-state index in [0.29, 0.717) is 17.9 Å². The van der Waals surface area contributed by atoms with E-state index in [0.717, 1.165) is 6.42 Å². The minimum atomic E-state index is -0.186. The number of nitrogens with two attached hydrogens (primary N) is 1. The van der Waals surface area contributed by atoms with Gasteiger partial charge < -0.3 is 5.73 Å². The maximum Gasteiger partial charge on any atom is 0.231 e. The summed E-state index contributed by atoms with van der Waals surface area (Å²) in [5, 5.41) is 4.11. The summed E-state index contributed by atoms with van der Waals surface area (Å²) in [7, 11) is 0. The highest BCUT2D eigenvalue weighted by molar-refractivity contribution is 6.09. The molecule has 5 nitrogen and oxygen atoms in total. The van der Waals surface area contributed by atoms with Gasteiger partial charge in [0.25, 0.3) is 0 Å². The number of aromatic nitrogens is 3. The van der Waals surface area contributed by atoms with Gasteiger partial charge in [0.2, 0.25) is 5.78 Å². The van der Waals surface area contributed by atoms with Crippen LogP contribution < -0.4 is 5.73 Å². The van der Waals surface area contributed by atoms with Crippen LogP contribution in [-0.2, 0) is 6.54 Å². The molecule has 0 amide bonds. The summed E-state index contributed by atoms with van der Waals surface area (Å²) in [6, 6.07) is 5.06. The highest BCUT2D eigenvalue weighted by atomic mass is 16.1. The lowest BCUT2D eigenvalue weighted by atomic mass is 10.1. The minimum Gasteiger partial charge on any atom is -0.397 e. The quantitative estimate of drug-likeness (QED) is 0.808. The normalized spacial score (nSPS) is 10.4. The Hall–Kier alpha value is -2.17. The van der Waals surface area contributed by atoms with Crippen LogP contribution in [-0.4, -0.2) is 20.5 Å². The number of aryl methyl sites for hydroxylation is 1. The molecule has 0 unspecified atom stereocenters. The van der Waals surface area contributed by atoms with Crippen molar-refractivity contribution in [1.29, 1.82) is 0 Å². The summed E-state index contributed by atoms with van der Waals surface area (Å²) < 4.78 is 1.68. The van der Waals surface area contributed by atoms with Gasteiger partial charge in [-0.1, -0.05) is 6.92 Å². The summed E-state index contributed by atoms with van der Waals surface area (Å²) >= 11 is 0. The molecule has 0 spiro atoms. The van der Waals surface area contributed by atoms with Crippen LogP contribution in [0.25, 0.3) is 0 Å². The van der Waals surface area contributed by atoms with E-state index >= 15 is 0 Å². The Balaban J connectivity index is 2.37. The monoisotopic (exact) mass is 230 g/mol. The first-order chi connectivity index (χ1) is 8.24. The number of hydrogen-bond donors (Lipinski definition) is 1. The van der Waals surface area contributed by atoms with Crippen molar-refractivity contribution in [1.82, 2.24) is 14.8 Å². The molecular weight excluding hydrogens is 216 g/mol. The number of nitrogens with zero attached hydrogens (tertiary/aromatic N) is 3. The third-order valence-corrected chi connectivity index (χ3v) is 2.44. The average molecular weight is 230 g/mol. The molecule has 0 atom stereocenters. The van der Waals surface area contributed by atoms with E-state index in [-0.39, 0.29) is 11.5 Å². The van der Waals surface area contributed by atoms with Crippen molar-refractivity contribution in [3.63, 3.8) is 0 Å². The molecule has 0 aliphatic heterocycles. The van der Waals surface area contributed by atoms with Crippen LogP contribution in [0, 0.1) is 0 Å². The Morgan fingerprint density at radius 1 is 1.41 bits per heavy atom. The van der Waals surface area contributed by atoms with Gasteiger partial charge in [-0.25, -0.2) is 0 Å². The molecule has 2 aromatic rings. The Morgan fingerprint density at radius 3 is 2.94 bits per heavy atom. The fraction of sp³-hybridized carbons (Fsp3) is 0.250. The lowest BCUT2D eigenvalue weighted by Gasteiger charge is -2.06. The molecule has 2 aromatic heterocycles. The molecule has 2 N–H and O–H groups in total. The Morgan fingerprint density at radius 2 is 2.24 bits per heavy atom. The van der Waals surface area contributed by atoms with Crippen LogP contribution in [0.1, 0.15) is 29.5 Å². The lowest BCUT2D eigenvalue weighted by Crippen LogP contribution is -2.14. The van der Waals surface area contributed by atoms with Crippen molar-refractivity contribution in [2.75, 3.05) is 5.73 Å².